The van der Waals surface area contributed by atoms with Gasteiger partial charge < -0.3 is 10.2 Å². The lowest BCUT2D eigenvalue weighted by Crippen LogP contribution is -2.37. The molecule has 0 spiro atoms. The molecule has 1 aliphatic rings. The minimum absolute atomic E-state index is 0.108. The highest BCUT2D eigenvalue weighted by Crippen LogP contribution is 2.10. The molecule has 0 bridgehead atoms. The fourth-order valence-electron chi connectivity index (χ4n) is 1.64. The summed E-state index contributed by atoms with van der Waals surface area (Å²) in [5.74, 6) is -0.317. The third-order valence-electron chi connectivity index (χ3n) is 2.50. The average molecular weight is 298 g/mol. The van der Waals surface area contributed by atoms with Crippen LogP contribution in [0.5, 0.6) is 0 Å². The van der Waals surface area contributed by atoms with E-state index < -0.39 is 0 Å². The summed E-state index contributed by atoms with van der Waals surface area (Å²) in [6.45, 7) is 1.31. The number of aromatic nitrogens is 1. The second-order valence-corrected chi connectivity index (χ2v) is 4.71. The number of halogens is 1. The summed E-state index contributed by atoms with van der Waals surface area (Å²) in [6.07, 6.45) is 2.35. The number of pyridine rings is 1. The average Bonchev–Trinajstić information content (AvgIpc) is 2.54. The van der Waals surface area contributed by atoms with Gasteiger partial charge in [-0.05, 0) is 34.5 Å². The van der Waals surface area contributed by atoms with Crippen LogP contribution in [0.3, 0.4) is 0 Å². The molecule has 90 valence electrons. The summed E-state index contributed by atoms with van der Waals surface area (Å²) < 4.78 is 0.822. The van der Waals surface area contributed by atoms with Crippen molar-refractivity contribution >= 4 is 27.7 Å². The van der Waals surface area contributed by atoms with Crippen molar-refractivity contribution in [3.8, 4) is 0 Å². The van der Waals surface area contributed by atoms with Crippen molar-refractivity contribution in [1.29, 1.82) is 0 Å². The second kappa shape index (κ2) is 5.27. The molecule has 0 saturated carbocycles. The first-order valence-corrected chi connectivity index (χ1v) is 6.13. The molecule has 1 fully saturated rings. The molecule has 2 rings (SSSR count). The van der Waals surface area contributed by atoms with Crippen molar-refractivity contribution in [2.75, 3.05) is 19.6 Å². The minimum atomic E-state index is -0.199. The zero-order valence-corrected chi connectivity index (χ0v) is 10.7. The van der Waals surface area contributed by atoms with Crippen LogP contribution in [0.2, 0.25) is 0 Å². The van der Waals surface area contributed by atoms with Crippen LogP contribution in [-0.2, 0) is 4.79 Å². The largest absolute Gasteiger partial charge is 0.354 e. The molecule has 17 heavy (non-hydrogen) atoms. The van der Waals surface area contributed by atoms with Crippen LogP contribution in [0.4, 0.5) is 0 Å². The van der Waals surface area contributed by atoms with Crippen LogP contribution in [0, 0.1) is 0 Å². The molecular weight excluding hydrogens is 286 g/mol. The standard InChI is InChI=1S/C11H12BrN3O2/c12-8-2-3-9(14-6-8)11(17)15-5-1-4-13-10(16)7-15/h2-3,6H,1,4-5,7H2,(H,13,16). The van der Waals surface area contributed by atoms with Gasteiger partial charge in [0.05, 0.1) is 6.54 Å². The minimum Gasteiger partial charge on any atom is -0.354 e. The zero-order valence-electron chi connectivity index (χ0n) is 9.15. The molecule has 0 radical (unpaired) electrons. The van der Waals surface area contributed by atoms with E-state index in [1.807, 2.05) is 0 Å². The molecule has 2 amide bonds. The van der Waals surface area contributed by atoms with E-state index in [4.69, 9.17) is 0 Å². The van der Waals surface area contributed by atoms with E-state index in [0.29, 0.717) is 18.8 Å². The van der Waals surface area contributed by atoms with E-state index in [2.05, 4.69) is 26.2 Å². The maximum absolute atomic E-state index is 12.1. The van der Waals surface area contributed by atoms with E-state index in [1.165, 1.54) is 4.90 Å². The Bertz CT molecular complexity index is 433. The van der Waals surface area contributed by atoms with Crippen LogP contribution < -0.4 is 5.32 Å². The smallest absolute Gasteiger partial charge is 0.272 e. The Morgan fingerprint density at radius 2 is 2.29 bits per heavy atom. The molecule has 0 unspecified atom stereocenters. The summed E-state index contributed by atoms with van der Waals surface area (Å²) in [6, 6.07) is 3.41. The summed E-state index contributed by atoms with van der Waals surface area (Å²) in [5, 5.41) is 2.73. The van der Waals surface area contributed by atoms with E-state index in [1.54, 1.807) is 18.3 Å². The molecule has 0 aromatic carbocycles. The van der Waals surface area contributed by atoms with Crippen LogP contribution in [0.25, 0.3) is 0 Å². The number of carbonyl (C=O) groups is 2. The van der Waals surface area contributed by atoms with Crippen LogP contribution in [0.15, 0.2) is 22.8 Å². The molecular formula is C11H12BrN3O2. The third kappa shape index (κ3) is 3.03. The van der Waals surface area contributed by atoms with Crippen molar-refractivity contribution in [2.45, 2.75) is 6.42 Å². The first-order valence-electron chi connectivity index (χ1n) is 5.34. The molecule has 0 atom stereocenters. The number of hydrogen-bond donors (Lipinski definition) is 1. The summed E-state index contributed by atoms with van der Waals surface area (Å²) in [7, 11) is 0. The predicted molar refractivity (Wildman–Crippen MR) is 65.5 cm³/mol. The lowest BCUT2D eigenvalue weighted by molar-refractivity contribution is -0.121. The van der Waals surface area contributed by atoms with Gasteiger partial charge in [-0.15, -0.1) is 0 Å². The van der Waals surface area contributed by atoms with Crippen molar-refractivity contribution in [3.05, 3.63) is 28.5 Å². The van der Waals surface area contributed by atoms with Crippen LogP contribution in [0.1, 0.15) is 16.9 Å². The fraction of sp³-hybridized carbons (Fsp3) is 0.364. The summed E-state index contributed by atoms with van der Waals surface area (Å²) in [4.78, 5) is 29.0. The van der Waals surface area contributed by atoms with Gasteiger partial charge in [-0.1, -0.05) is 0 Å². The van der Waals surface area contributed by atoms with Gasteiger partial charge in [0.1, 0.15) is 5.69 Å². The van der Waals surface area contributed by atoms with Gasteiger partial charge in [0.25, 0.3) is 5.91 Å². The van der Waals surface area contributed by atoms with E-state index in [9.17, 15) is 9.59 Å². The van der Waals surface area contributed by atoms with Gasteiger partial charge in [0.15, 0.2) is 0 Å². The molecule has 1 saturated heterocycles. The van der Waals surface area contributed by atoms with E-state index in [-0.39, 0.29) is 18.4 Å². The van der Waals surface area contributed by atoms with E-state index >= 15 is 0 Å². The summed E-state index contributed by atoms with van der Waals surface area (Å²) in [5.41, 5.74) is 0.364. The van der Waals surface area contributed by atoms with Gasteiger partial charge in [0.2, 0.25) is 5.91 Å². The zero-order chi connectivity index (χ0) is 12.3. The molecule has 0 aliphatic carbocycles. The Hall–Kier alpha value is -1.43. The maximum Gasteiger partial charge on any atom is 0.272 e. The molecule has 1 N–H and O–H groups in total. The number of carbonyl (C=O) groups excluding carboxylic acids is 2. The first kappa shape index (κ1) is 12.0. The number of rotatable bonds is 1. The lowest BCUT2D eigenvalue weighted by atomic mass is 10.3. The molecule has 6 heteroatoms. The lowest BCUT2D eigenvalue weighted by Gasteiger charge is -2.18. The second-order valence-electron chi connectivity index (χ2n) is 3.79. The van der Waals surface area contributed by atoms with Crippen molar-refractivity contribution < 1.29 is 9.59 Å². The Balaban J connectivity index is 2.13. The highest BCUT2D eigenvalue weighted by molar-refractivity contribution is 9.10. The maximum atomic E-state index is 12.1. The normalized spacial score (nSPS) is 16.3. The Labute approximate surface area is 107 Å². The van der Waals surface area contributed by atoms with E-state index in [0.717, 1.165) is 10.9 Å². The van der Waals surface area contributed by atoms with Crippen LogP contribution >= 0.6 is 15.9 Å². The monoisotopic (exact) mass is 297 g/mol. The molecule has 5 nitrogen and oxygen atoms in total. The molecule has 1 aromatic rings. The predicted octanol–water partition coefficient (Wildman–Crippen LogP) is 0.806. The molecule has 2 heterocycles. The van der Waals surface area contributed by atoms with Crippen molar-refractivity contribution in [3.63, 3.8) is 0 Å². The van der Waals surface area contributed by atoms with Gasteiger partial charge in [-0.2, -0.15) is 0 Å². The Kier molecular flexibility index (Phi) is 3.73. The van der Waals surface area contributed by atoms with Gasteiger partial charge >= 0.3 is 0 Å². The van der Waals surface area contributed by atoms with Gasteiger partial charge in [-0.3, -0.25) is 9.59 Å². The first-order chi connectivity index (χ1) is 8.16. The van der Waals surface area contributed by atoms with Crippen molar-refractivity contribution in [2.24, 2.45) is 0 Å². The van der Waals surface area contributed by atoms with Gasteiger partial charge in [-0.25, -0.2) is 4.98 Å². The third-order valence-corrected chi connectivity index (χ3v) is 2.96. The summed E-state index contributed by atoms with van der Waals surface area (Å²) >= 11 is 3.26. The number of nitrogens with zero attached hydrogens (tertiary/aromatic N) is 2. The number of nitrogens with one attached hydrogen (secondary N) is 1. The number of amides is 2. The highest BCUT2D eigenvalue weighted by atomic mass is 79.9. The number of hydrogen-bond acceptors (Lipinski definition) is 3. The van der Waals surface area contributed by atoms with Gasteiger partial charge in [0, 0.05) is 23.8 Å². The SMILES string of the molecule is O=C1CN(C(=O)c2ccc(Br)cn2)CCCN1. The molecule has 1 aliphatic heterocycles. The fourth-order valence-corrected chi connectivity index (χ4v) is 1.88. The van der Waals surface area contributed by atoms with Crippen molar-refractivity contribution in [1.82, 2.24) is 15.2 Å². The highest BCUT2D eigenvalue weighted by Gasteiger charge is 2.21. The topological polar surface area (TPSA) is 62.3 Å². The quantitative estimate of drug-likeness (QED) is 0.834. The Morgan fingerprint density at radius 3 is 3.00 bits per heavy atom. The van der Waals surface area contributed by atoms with Crippen LogP contribution in [-0.4, -0.2) is 41.3 Å². The molecule has 1 aromatic heterocycles. The Morgan fingerprint density at radius 1 is 1.47 bits per heavy atom.